The molecule has 0 aliphatic carbocycles. The molecule has 1 heterocycles. The Morgan fingerprint density at radius 3 is 2.58 bits per heavy atom. The fraction of sp³-hybridized carbons (Fsp3) is 0.786. The average Bonchev–Trinajstić information content (AvgIpc) is 2.68. The van der Waals surface area contributed by atoms with Crippen LogP contribution in [0.4, 0.5) is 0 Å². The van der Waals surface area contributed by atoms with Crippen molar-refractivity contribution in [2.75, 3.05) is 27.7 Å². The second kappa shape index (κ2) is 6.39. The highest BCUT2D eigenvalue weighted by atomic mass is 16.5. The molecule has 1 rings (SSSR count). The molecule has 0 radical (unpaired) electrons. The van der Waals surface area contributed by atoms with Crippen LogP contribution in [0.5, 0.6) is 5.75 Å². The zero-order valence-electron chi connectivity index (χ0n) is 13.0. The Bertz CT molecular complexity index is 397. The molecule has 0 amide bonds. The number of likely N-dealkylation sites (N-methyl/N-ethyl adjacent to an activating group) is 1. The molecular weight excluding hydrogens is 242 g/mol. The molecule has 1 N–H and O–H groups in total. The Balaban J connectivity index is 3.04. The first kappa shape index (κ1) is 16.0. The van der Waals surface area contributed by atoms with Gasteiger partial charge in [-0.15, -0.1) is 0 Å². The van der Waals surface area contributed by atoms with E-state index < -0.39 is 5.60 Å². The molecule has 1 aromatic rings. The van der Waals surface area contributed by atoms with Crippen molar-refractivity contribution in [3.63, 3.8) is 0 Å². The monoisotopic (exact) mass is 269 g/mol. The predicted octanol–water partition coefficient (Wildman–Crippen LogP) is 1.71. The number of ether oxygens (including phenoxy) is 1. The third-order valence-corrected chi connectivity index (χ3v) is 3.10. The number of nitrogens with zero attached hydrogens (tertiary/aromatic N) is 3. The third kappa shape index (κ3) is 4.21. The molecule has 0 saturated carbocycles. The molecule has 0 spiro atoms. The summed E-state index contributed by atoms with van der Waals surface area (Å²) in [5.74, 6) is 1.06. The smallest absolute Gasteiger partial charge is 0.162 e. The SMILES string of the molecule is COc1cnn(CCN(C)C)c1C(C)(O)CC(C)C. The van der Waals surface area contributed by atoms with Crippen LogP contribution >= 0.6 is 0 Å². The number of aromatic nitrogens is 2. The minimum atomic E-state index is -0.928. The Morgan fingerprint density at radius 2 is 2.11 bits per heavy atom. The summed E-state index contributed by atoms with van der Waals surface area (Å²) in [6, 6.07) is 0. The van der Waals surface area contributed by atoms with Gasteiger partial charge >= 0.3 is 0 Å². The number of aliphatic hydroxyl groups is 1. The highest BCUT2D eigenvalue weighted by Gasteiger charge is 2.32. The van der Waals surface area contributed by atoms with Gasteiger partial charge in [-0.2, -0.15) is 5.10 Å². The fourth-order valence-electron chi connectivity index (χ4n) is 2.42. The van der Waals surface area contributed by atoms with E-state index >= 15 is 0 Å². The van der Waals surface area contributed by atoms with Crippen LogP contribution in [0.25, 0.3) is 0 Å². The van der Waals surface area contributed by atoms with Crippen LogP contribution in [0.3, 0.4) is 0 Å². The van der Waals surface area contributed by atoms with Crippen LogP contribution in [-0.2, 0) is 12.1 Å². The van der Waals surface area contributed by atoms with Crippen LogP contribution in [0.15, 0.2) is 6.20 Å². The van der Waals surface area contributed by atoms with Crippen LogP contribution < -0.4 is 4.74 Å². The normalized spacial score (nSPS) is 15.0. The second-order valence-electron chi connectivity index (χ2n) is 5.96. The van der Waals surface area contributed by atoms with Crippen LogP contribution in [0.1, 0.15) is 32.9 Å². The van der Waals surface area contributed by atoms with Gasteiger partial charge < -0.3 is 14.7 Å². The molecule has 0 aromatic carbocycles. The summed E-state index contributed by atoms with van der Waals surface area (Å²) in [7, 11) is 5.65. The Kier molecular flexibility index (Phi) is 5.38. The van der Waals surface area contributed by atoms with E-state index in [4.69, 9.17) is 4.74 Å². The van der Waals surface area contributed by atoms with Gasteiger partial charge in [0, 0.05) is 6.54 Å². The van der Waals surface area contributed by atoms with E-state index in [2.05, 4.69) is 23.8 Å². The maximum absolute atomic E-state index is 10.7. The summed E-state index contributed by atoms with van der Waals surface area (Å²) in [6.45, 7) is 7.64. The molecule has 0 aliphatic rings. The van der Waals surface area contributed by atoms with Crippen molar-refractivity contribution in [1.82, 2.24) is 14.7 Å². The van der Waals surface area contributed by atoms with Gasteiger partial charge in [0.05, 0.1) is 19.9 Å². The summed E-state index contributed by atoms with van der Waals surface area (Å²) in [6.07, 6.45) is 2.36. The fourth-order valence-corrected chi connectivity index (χ4v) is 2.42. The number of hydrogen-bond donors (Lipinski definition) is 1. The van der Waals surface area contributed by atoms with Crippen LogP contribution in [0, 0.1) is 5.92 Å². The molecule has 5 nitrogen and oxygen atoms in total. The van der Waals surface area contributed by atoms with Crippen molar-refractivity contribution in [1.29, 1.82) is 0 Å². The van der Waals surface area contributed by atoms with E-state index in [0.29, 0.717) is 18.1 Å². The highest BCUT2D eigenvalue weighted by Crippen LogP contribution is 2.34. The zero-order chi connectivity index (χ0) is 14.6. The Labute approximate surface area is 116 Å². The molecule has 1 atom stereocenters. The first-order valence-corrected chi connectivity index (χ1v) is 6.75. The summed E-state index contributed by atoms with van der Waals surface area (Å²) < 4.78 is 7.19. The zero-order valence-corrected chi connectivity index (χ0v) is 13.0. The van der Waals surface area contributed by atoms with E-state index in [-0.39, 0.29) is 0 Å². The maximum atomic E-state index is 10.7. The Hall–Kier alpha value is -1.07. The van der Waals surface area contributed by atoms with Gasteiger partial charge in [-0.25, -0.2) is 0 Å². The summed E-state index contributed by atoms with van der Waals surface area (Å²) >= 11 is 0. The van der Waals surface area contributed by atoms with Crippen molar-refractivity contribution in [2.45, 2.75) is 39.3 Å². The van der Waals surface area contributed by atoms with E-state index in [1.54, 1.807) is 13.3 Å². The molecule has 0 fully saturated rings. The maximum Gasteiger partial charge on any atom is 0.162 e. The van der Waals surface area contributed by atoms with Crippen molar-refractivity contribution in [3.05, 3.63) is 11.9 Å². The van der Waals surface area contributed by atoms with Gasteiger partial charge in [-0.3, -0.25) is 4.68 Å². The summed E-state index contributed by atoms with van der Waals surface area (Å²) in [5, 5.41) is 15.1. The topological polar surface area (TPSA) is 50.5 Å². The highest BCUT2D eigenvalue weighted by molar-refractivity contribution is 5.30. The first-order chi connectivity index (χ1) is 8.77. The molecule has 5 heteroatoms. The third-order valence-electron chi connectivity index (χ3n) is 3.10. The van der Waals surface area contributed by atoms with E-state index in [9.17, 15) is 5.11 Å². The molecule has 1 aromatic heterocycles. The van der Waals surface area contributed by atoms with Gasteiger partial charge in [-0.05, 0) is 33.4 Å². The standard InChI is InChI=1S/C14H27N3O2/c1-11(2)9-14(3,18)13-12(19-6)10-15-17(13)8-7-16(4)5/h10-11,18H,7-9H2,1-6H3. The van der Waals surface area contributed by atoms with Gasteiger partial charge in [0.15, 0.2) is 5.75 Å². The summed E-state index contributed by atoms with van der Waals surface area (Å²) in [4.78, 5) is 2.09. The van der Waals surface area contributed by atoms with Crippen molar-refractivity contribution in [2.24, 2.45) is 5.92 Å². The van der Waals surface area contributed by atoms with Crippen molar-refractivity contribution >= 4 is 0 Å². The number of rotatable bonds is 7. The molecule has 0 aliphatic heterocycles. The lowest BCUT2D eigenvalue weighted by molar-refractivity contribution is 0.0232. The molecule has 0 bridgehead atoms. The molecular formula is C14H27N3O2. The molecule has 1 unspecified atom stereocenters. The van der Waals surface area contributed by atoms with Gasteiger partial charge in [0.1, 0.15) is 11.3 Å². The largest absolute Gasteiger partial charge is 0.493 e. The quantitative estimate of drug-likeness (QED) is 0.818. The summed E-state index contributed by atoms with van der Waals surface area (Å²) in [5.41, 5.74) is -0.159. The van der Waals surface area contributed by atoms with Crippen molar-refractivity contribution in [3.8, 4) is 5.75 Å². The van der Waals surface area contributed by atoms with Gasteiger partial charge in [0.25, 0.3) is 0 Å². The van der Waals surface area contributed by atoms with Crippen LogP contribution in [0.2, 0.25) is 0 Å². The number of hydrogen-bond acceptors (Lipinski definition) is 4. The second-order valence-corrected chi connectivity index (χ2v) is 5.96. The molecule has 0 saturated heterocycles. The van der Waals surface area contributed by atoms with E-state index in [1.807, 2.05) is 25.7 Å². The van der Waals surface area contributed by atoms with E-state index in [1.165, 1.54) is 0 Å². The van der Waals surface area contributed by atoms with Gasteiger partial charge in [0.2, 0.25) is 0 Å². The average molecular weight is 269 g/mol. The molecule has 110 valence electrons. The lowest BCUT2D eigenvalue weighted by Crippen LogP contribution is -2.30. The minimum absolute atomic E-state index is 0.400. The van der Waals surface area contributed by atoms with Gasteiger partial charge in [-0.1, -0.05) is 13.8 Å². The molecule has 19 heavy (non-hydrogen) atoms. The van der Waals surface area contributed by atoms with Crippen LogP contribution in [-0.4, -0.2) is 47.5 Å². The minimum Gasteiger partial charge on any atom is -0.493 e. The number of methoxy groups -OCH3 is 1. The lowest BCUT2D eigenvalue weighted by Gasteiger charge is -2.27. The predicted molar refractivity (Wildman–Crippen MR) is 76.4 cm³/mol. The Morgan fingerprint density at radius 1 is 1.47 bits per heavy atom. The van der Waals surface area contributed by atoms with Crippen molar-refractivity contribution < 1.29 is 9.84 Å². The first-order valence-electron chi connectivity index (χ1n) is 6.75. The lowest BCUT2D eigenvalue weighted by atomic mass is 9.90. The van der Waals surface area contributed by atoms with E-state index in [0.717, 1.165) is 18.8 Å².